The number of morpholine rings is 1. The largest absolute Gasteiger partial charge is 0.416 e. The summed E-state index contributed by atoms with van der Waals surface area (Å²) >= 11 is 0. The van der Waals surface area contributed by atoms with Gasteiger partial charge in [-0.25, -0.2) is 8.42 Å². The summed E-state index contributed by atoms with van der Waals surface area (Å²) in [6, 6.07) is 16.3. The number of carbonyl (C=O) groups excluding carboxylic acids is 2. The van der Waals surface area contributed by atoms with E-state index in [1.54, 1.807) is 36.1 Å². The molecule has 0 bridgehead atoms. The monoisotopic (exact) mass is 643 g/mol. The van der Waals surface area contributed by atoms with Crippen molar-refractivity contribution in [2.45, 2.75) is 49.2 Å². The number of alkyl halides is 3. The minimum absolute atomic E-state index is 0.0200. The van der Waals surface area contributed by atoms with Crippen molar-refractivity contribution in [1.82, 2.24) is 4.90 Å². The first kappa shape index (κ1) is 32.5. The van der Waals surface area contributed by atoms with E-state index in [1.165, 1.54) is 24.3 Å². The van der Waals surface area contributed by atoms with Crippen LogP contribution >= 0.6 is 0 Å². The van der Waals surface area contributed by atoms with Gasteiger partial charge in [-0.05, 0) is 78.4 Å². The maximum atomic E-state index is 13.8. The van der Waals surface area contributed by atoms with Gasteiger partial charge in [-0.3, -0.25) is 9.59 Å². The van der Waals surface area contributed by atoms with Crippen LogP contribution in [0.2, 0.25) is 0 Å². The average Bonchev–Trinajstić information content (AvgIpc) is 3.04. The lowest BCUT2D eigenvalue weighted by molar-refractivity contribution is -0.138. The second-order valence-corrected chi connectivity index (χ2v) is 13.7. The molecule has 5 rings (SSSR count). The number of nitrogens with two attached hydrogens (primary N) is 1. The molecule has 2 aliphatic heterocycles. The second kappa shape index (κ2) is 13.2. The number of ether oxygens (including phenoxy) is 1. The Labute approximate surface area is 260 Å². The van der Waals surface area contributed by atoms with E-state index < -0.39 is 33.5 Å². The summed E-state index contributed by atoms with van der Waals surface area (Å²) in [5, 5.41) is 0. The molecule has 12 heteroatoms. The first-order chi connectivity index (χ1) is 21.4. The van der Waals surface area contributed by atoms with E-state index in [-0.39, 0.29) is 28.9 Å². The van der Waals surface area contributed by atoms with E-state index in [1.807, 2.05) is 11.0 Å². The van der Waals surface area contributed by atoms with Crippen LogP contribution in [0.25, 0.3) is 0 Å². The molecule has 240 valence electrons. The molecule has 0 radical (unpaired) electrons. The number of rotatable bonds is 8. The third kappa shape index (κ3) is 7.33. The Balaban J connectivity index is 1.48. The minimum Gasteiger partial charge on any atom is -0.378 e. The normalized spacial score (nSPS) is 19.4. The Morgan fingerprint density at radius 1 is 0.956 bits per heavy atom. The summed E-state index contributed by atoms with van der Waals surface area (Å²) in [7, 11) is -3.37. The molecule has 2 heterocycles. The van der Waals surface area contributed by atoms with E-state index in [0.29, 0.717) is 62.5 Å². The summed E-state index contributed by atoms with van der Waals surface area (Å²) in [4.78, 5) is 30.2. The Morgan fingerprint density at radius 2 is 1.62 bits per heavy atom. The van der Waals surface area contributed by atoms with Crippen LogP contribution in [-0.2, 0) is 32.0 Å². The van der Waals surface area contributed by atoms with Crippen molar-refractivity contribution in [3.8, 4) is 0 Å². The number of hydrogen-bond donors (Lipinski definition) is 1. The molecule has 2 atom stereocenters. The van der Waals surface area contributed by atoms with E-state index in [0.717, 1.165) is 23.3 Å². The number of nitrogens with zero attached hydrogens (tertiary/aromatic N) is 2. The van der Waals surface area contributed by atoms with Gasteiger partial charge in [0.1, 0.15) is 6.04 Å². The highest BCUT2D eigenvalue weighted by Crippen LogP contribution is 2.37. The van der Waals surface area contributed by atoms with Gasteiger partial charge < -0.3 is 20.3 Å². The number of benzene rings is 3. The first-order valence-corrected chi connectivity index (χ1v) is 16.6. The lowest BCUT2D eigenvalue weighted by Crippen LogP contribution is -2.54. The fourth-order valence-electron chi connectivity index (χ4n) is 6.07. The van der Waals surface area contributed by atoms with Crippen molar-refractivity contribution in [2.75, 3.05) is 43.5 Å². The highest BCUT2D eigenvalue weighted by Gasteiger charge is 2.37. The number of carbonyl (C=O) groups is 2. The maximum Gasteiger partial charge on any atom is 0.416 e. The molecule has 2 N–H and O–H groups in total. The summed E-state index contributed by atoms with van der Waals surface area (Å²) in [6.45, 7) is 3.80. The molecule has 3 aromatic rings. The van der Waals surface area contributed by atoms with Crippen molar-refractivity contribution in [3.63, 3.8) is 0 Å². The number of amides is 2. The molecule has 2 aliphatic rings. The van der Waals surface area contributed by atoms with Gasteiger partial charge in [0.25, 0.3) is 0 Å². The van der Waals surface area contributed by atoms with Gasteiger partial charge in [-0.2, -0.15) is 13.2 Å². The number of piperidine rings is 1. The molecule has 2 amide bonds. The van der Waals surface area contributed by atoms with E-state index >= 15 is 0 Å². The third-order valence-electron chi connectivity index (χ3n) is 8.64. The predicted octanol–water partition coefficient (Wildman–Crippen LogP) is 4.80. The van der Waals surface area contributed by atoms with E-state index in [4.69, 9.17) is 10.5 Å². The van der Waals surface area contributed by atoms with Gasteiger partial charge in [-0.15, -0.1) is 0 Å². The van der Waals surface area contributed by atoms with Crippen LogP contribution in [0.1, 0.15) is 58.3 Å². The summed E-state index contributed by atoms with van der Waals surface area (Å²) in [6.07, 6.45) is -3.04. The zero-order valence-corrected chi connectivity index (χ0v) is 25.7. The molecule has 2 fully saturated rings. The van der Waals surface area contributed by atoms with Crippen molar-refractivity contribution in [2.24, 2.45) is 5.73 Å². The number of halogens is 3. The molecular weight excluding hydrogens is 607 g/mol. The van der Waals surface area contributed by atoms with Crippen LogP contribution in [0.15, 0.2) is 71.6 Å². The quantitative estimate of drug-likeness (QED) is 0.378. The molecule has 2 saturated heterocycles. The lowest BCUT2D eigenvalue weighted by atomic mass is 9.85. The maximum absolute atomic E-state index is 13.8. The van der Waals surface area contributed by atoms with Crippen LogP contribution in [0.3, 0.4) is 0 Å². The molecule has 1 unspecified atom stereocenters. The zero-order valence-electron chi connectivity index (χ0n) is 24.9. The third-order valence-corrected chi connectivity index (χ3v) is 10.4. The fraction of sp³-hybridized carbons (Fsp3) is 0.394. The van der Waals surface area contributed by atoms with Gasteiger partial charge in [0, 0.05) is 36.8 Å². The predicted molar refractivity (Wildman–Crippen MR) is 164 cm³/mol. The first-order valence-electron chi connectivity index (χ1n) is 14.9. The summed E-state index contributed by atoms with van der Waals surface area (Å²) in [5.41, 5.74) is 8.13. The summed E-state index contributed by atoms with van der Waals surface area (Å²) < 4.78 is 69.6. The SMILES string of the molecule is CCS(=O)(=O)c1ccc(Cc2cc(N3CC(c4ccc(C(F)(F)F)cc4)CC[C@H]3C(=O)N3CCOCC3)ccc2C(N)=O)cc1. The summed E-state index contributed by atoms with van der Waals surface area (Å²) in [5.74, 6) is -0.817. The Morgan fingerprint density at radius 3 is 2.22 bits per heavy atom. The van der Waals surface area contributed by atoms with Gasteiger partial charge >= 0.3 is 6.18 Å². The highest BCUT2D eigenvalue weighted by molar-refractivity contribution is 7.91. The number of anilines is 1. The minimum atomic E-state index is -4.43. The molecule has 0 saturated carbocycles. The van der Waals surface area contributed by atoms with Gasteiger partial charge in [0.2, 0.25) is 11.8 Å². The molecule has 0 aliphatic carbocycles. The van der Waals surface area contributed by atoms with Gasteiger partial charge in [0.05, 0.1) is 29.4 Å². The van der Waals surface area contributed by atoms with Crippen molar-refractivity contribution < 1.29 is 35.9 Å². The highest BCUT2D eigenvalue weighted by atomic mass is 32.2. The van der Waals surface area contributed by atoms with Crippen molar-refractivity contribution in [1.29, 1.82) is 0 Å². The molecule has 0 aromatic heterocycles. The molecule has 3 aromatic carbocycles. The van der Waals surface area contributed by atoms with Crippen LogP contribution < -0.4 is 10.6 Å². The Kier molecular flexibility index (Phi) is 9.54. The number of sulfone groups is 1. The molecule has 8 nitrogen and oxygen atoms in total. The Bertz CT molecular complexity index is 1640. The van der Waals surface area contributed by atoms with Crippen molar-refractivity contribution in [3.05, 3.63) is 94.5 Å². The molecular formula is C33H36F3N3O5S. The van der Waals surface area contributed by atoms with Gasteiger partial charge in [0.15, 0.2) is 9.84 Å². The number of hydrogen-bond acceptors (Lipinski definition) is 6. The van der Waals surface area contributed by atoms with E-state index in [9.17, 15) is 31.2 Å². The van der Waals surface area contributed by atoms with Crippen molar-refractivity contribution >= 4 is 27.3 Å². The van der Waals surface area contributed by atoms with E-state index in [2.05, 4.69) is 0 Å². The lowest BCUT2D eigenvalue weighted by Gasteiger charge is -2.43. The van der Waals surface area contributed by atoms with Crippen LogP contribution in [0, 0.1) is 0 Å². The van der Waals surface area contributed by atoms with Crippen LogP contribution in [-0.4, -0.2) is 69.8 Å². The topological polar surface area (TPSA) is 110 Å². The Hall–Kier alpha value is -3.90. The zero-order chi connectivity index (χ0) is 32.4. The second-order valence-electron chi connectivity index (χ2n) is 11.4. The number of primary amides is 1. The smallest absolute Gasteiger partial charge is 0.378 e. The standard InChI is InChI=1S/C33H36F3N3O5S/c1-2-45(42,43)28-11-3-22(4-12-28)19-25-20-27(10-13-29(25)31(37)40)39-21-24(23-5-8-26(9-6-23)33(34,35)36)7-14-30(39)32(41)38-15-17-44-18-16-38/h3-6,8-13,20,24,30H,2,7,14-19,21H2,1H3,(H2,37,40)/t24?,30-/m0/s1. The van der Waals surface area contributed by atoms with Gasteiger partial charge in [-0.1, -0.05) is 31.2 Å². The molecule has 45 heavy (non-hydrogen) atoms. The van der Waals surface area contributed by atoms with Crippen LogP contribution in [0.4, 0.5) is 18.9 Å². The van der Waals surface area contributed by atoms with Crippen LogP contribution in [0.5, 0.6) is 0 Å². The average molecular weight is 644 g/mol. The fourth-order valence-corrected chi connectivity index (χ4v) is 6.95. The molecule has 0 spiro atoms.